The third-order valence-electron chi connectivity index (χ3n) is 4.10. The molecule has 0 aliphatic carbocycles. The van der Waals surface area contributed by atoms with Gasteiger partial charge in [0.25, 0.3) is 0 Å². The van der Waals surface area contributed by atoms with Gasteiger partial charge in [-0.05, 0) is 24.2 Å². The minimum atomic E-state index is -0.405. The highest BCUT2D eigenvalue weighted by atomic mass is 16.3. The van der Waals surface area contributed by atoms with Gasteiger partial charge in [-0.25, -0.2) is 0 Å². The molecule has 17 heavy (non-hydrogen) atoms. The molecule has 0 bridgehead atoms. The molecule has 0 aromatic carbocycles. The predicted molar refractivity (Wildman–Crippen MR) is 72.0 cm³/mol. The number of rotatable bonds is 8. The Bertz CT molecular complexity index is 267. The van der Waals surface area contributed by atoms with Crippen LogP contribution in [-0.4, -0.2) is 11.8 Å². The Morgan fingerprint density at radius 2 is 1.65 bits per heavy atom. The number of Topliss-reactive ketones (excluding diaryl/α,β-unsaturated/α-hetero) is 1. The Morgan fingerprint density at radius 3 is 1.94 bits per heavy atom. The summed E-state index contributed by atoms with van der Waals surface area (Å²) >= 11 is 0. The largest absolute Gasteiger partial charge is 0.300 e. The molecule has 0 amide bonds. The summed E-state index contributed by atoms with van der Waals surface area (Å²) in [6.07, 6.45) is 3.36. The van der Waals surface area contributed by atoms with Gasteiger partial charge in [0, 0.05) is 6.42 Å². The van der Waals surface area contributed by atoms with Crippen molar-refractivity contribution in [2.24, 2.45) is 16.0 Å². The highest BCUT2D eigenvalue weighted by molar-refractivity contribution is 5.76. The molecule has 0 aliphatic rings. The summed E-state index contributed by atoms with van der Waals surface area (Å²) in [5.41, 5.74) is 0.0113. The smallest absolute Gasteiger partial charge is 0.132 e. The molecule has 0 aromatic rings. The molecule has 3 nitrogen and oxygen atoms in total. The zero-order chi connectivity index (χ0) is 13.7. The van der Waals surface area contributed by atoms with E-state index in [1.807, 2.05) is 13.8 Å². The van der Waals surface area contributed by atoms with Gasteiger partial charge in [0.2, 0.25) is 0 Å². The molecular weight excluding hydrogens is 214 g/mol. The van der Waals surface area contributed by atoms with Gasteiger partial charge in [0.15, 0.2) is 0 Å². The van der Waals surface area contributed by atoms with Crippen LogP contribution in [0.15, 0.2) is 5.18 Å². The lowest BCUT2D eigenvalue weighted by molar-refractivity contribution is -0.118. The van der Waals surface area contributed by atoms with E-state index in [4.69, 9.17) is 0 Å². The van der Waals surface area contributed by atoms with Crippen LogP contribution in [0.2, 0.25) is 0 Å². The van der Waals surface area contributed by atoms with Crippen molar-refractivity contribution in [3.8, 4) is 0 Å². The van der Waals surface area contributed by atoms with Crippen molar-refractivity contribution in [3.63, 3.8) is 0 Å². The van der Waals surface area contributed by atoms with Gasteiger partial charge >= 0.3 is 0 Å². The summed E-state index contributed by atoms with van der Waals surface area (Å²) in [5.74, 6) is 0.0392. The number of nitroso groups, excluding NO2 is 1. The van der Waals surface area contributed by atoms with Crippen LogP contribution in [0.25, 0.3) is 0 Å². The molecule has 0 saturated carbocycles. The molecule has 1 unspecified atom stereocenters. The molecule has 0 rings (SSSR count). The average molecular weight is 241 g/mol. The van der Waals surface area contributed by atoms with Crippen molar-refractivity contribution in [2.75, 3.05) is 0 Å². The molecule has 0 aliphatic heterocycles. The Balaban J connectivity index is 4.84. The van der Waals surface area contributed by atoms with Crippen molar-refractivity contribution in [1.29, 1.82) is 0 Å². The maximum atomic E-state index is 11.2. The summed E-state index contributed by atoms with van der Waals surface area (Å²) in [6, 6.07) is -0.405. The van der Waals surface area contributed by atoms with Crippen LogP contribution in [-0.2, 0) is 4.79 Å². The molecule has 0 aromatic heterocycles. The predicted octanol–water partition coefficient (Wildman–Crippen LogP) is 4.34. The number of carbonyl (C=O) groups is 1. The van der Waals surface area contributed by atoms with Crippen molar-refractivity contribution in [2.45, 2.75) is 73.3 Å². The fraction of sp³-hybridized carbons (Fsp3) is 0.929. The van der Waals surface area contributed by atoms with E-state index in [0.717, 1.165) is 19.3 Å². The van der Waals surface area contributed by atoms with Crippen LogP contribution in [0, 0.1) is 15.7 Å². The van der Waals surface area contributed by atoms with Crippen LogP contribution < -0.4 is 0 Å². The highest BCUT2D eigenvalue weighted by Gasteiger charge is 2.37. The zero-order valence-corrected chi connectivity index (χ0v) is 12.2. The molecule has 0 heterocycles. The van der Waals surface area contributed by atoms with Gasteiger partial charge in [-0.15, -0.1) is 0 Å². The molecule has 0 N–H and O–H groups in total. The second-order valence-electron chi connectivity index (χ2n) is 6.21. The SMILES string of the molecule is CCC(C)(CC)CC(C)(C)C(CC(C)=O)N=O. The lowest BCUT2D eigenvalue weighted by Crippen LogP contribution is -2.35. The molecule has 0 spiro atoms. The summed E-state index contributed by atoms with van der Waals surface area (Å²) in [7, 11) is 0. The topological polar surface area (TPSA) is 46.5 Å². The maximum absolute atomic E-state index is 11.2. The summed E-state index contributed by atoms with van der Waals surface area (Å²) in [4.78, 5) is 22.1. The second kappa shape index (κ2) is 6.27. The van der Waals surface area contributed by atoms with E-state index >= 15 is 0 Å². The second-order valence-corrected chi connectivity index (χ2v) is 6.21. The van der Waals surface area contributed by atoms with E-state index in [-0.39, 0.29) is 23.0 Å². The quantitative estimate of drug-likeness (QED) is 0.593. The monoisotopic (exact) mass is 241 g/mol. The number of nitrogens with zero attached hydrogens (tertiary/aromatic N) is 1. The van der Waals surface area contributed by atoms with Gasteiger partial charge in [-0.1, -0.05) is 52.6 Å². The fourth-order valence-electron chi connectivity index (χ4n) is 2.45. The lowest BCUT2D eigenvalue weighted by atomic mass is 9.67. The standard InChI is InChI=1S/C14H27NO2/c1-7-14(6,8-2)10-13(4,5)12(15-17)9-11(3)16/h12H,7-10H2,1-6H3. The molecule has 100 valence electrons. The van der Waals surface area contributed by atoms with Crippen molar-refractivity contribution in [3.05, 3.63) is 4.91 Å². The first kappa shape index (κ1) is 16.3. The maximum Gasteiger partial charge on any atom is 0.132 e. The minimum Gasteiger partial charge on any atom is -0.300 e. The molecular formula is C14H27NO2. The minimum absolute atomic E-state index is 0.0392. The average Bonchev–Trinajstić information content (AvgIpc) is 2.24. The fourth-order valence-corrected chi connectivity index (χ4v) is 2.45. The van der Waals surface area contributed by atoms with E-state index in [0.29, 0.717) is 0 Å². The van der Waals surface area contributed by atoms with Crippen LogP contribution >= 0.6 is 0 Å². The van der Waals surface area contributed by atoms with Crippen LogP contribution in [0.5, 0.6) is 0 Å². The molecule has 0 fully saturated rings. The van der Waals surface area contributed by atoms with E-state index in [9.17, 15) is 9.70 Å². The summed E-state index contributed by atoms with van der Waals surface area (Å²) in [6.45, 7) is 12.2. The Kier molecular flexibility index (Phi) is 6.00. The van der Waals surface area contributed by atoms with Crippen molar-refractivity contribution < 1.29 is 4.79 Å². The Labute approximate surface area is 105 Å². The first-order valence-electron chi connectivity index (χ1n) is 6.52. The number of carbonyl (C=O) groups excluding carboxylic acids is 1. The zero-order valence-electron chi connectivity index (χ0n) is 12.2. The summed E-state index contributed by atoms with van der Waals surface area (Å²) < 4.78 is 0. The van der Waals surface area contributed by atoms with Gasteiger partial charge in [0.05, 0.1) is 0 Å². The Hall–Kier alpha value is -0.730. The number of hydrogen-bond donors (Lipinski definition) is 0. The first-order valence-corrected chi connectivity index (χ1v) is 6.52. The third-order valence-corrected chi connectivity index (χ3v) is 4.10. The normalized spacial score (nSPS) is 14.5. The van der Waals surface area contributed by atoms with Gasteiger partial charge in [-0.2, -0.15) is 4.91 Å². The van der Waals surface area contributed by atoms with Crippen molar-refractivity contribution in [1.82, 2.24) is 0 Å². The van der Waals surface area contributed by atoms with Gasteiger partial charge < -0.3 is 0 Å². The molecule has 3 heteroatoms. The highest BCUT2D eigenvalue weighted by Crippen LogP contribution is 2.42. The van der Waals surface area contributed by atoms with Crippen LogP contribution in [0.1, 0.15) is 67.2 Å². The lowest BCUT2D eigenvalue weighted by Gasteiger charge is -2.38. The van der Waals surface area contributed by atoms with E-state index in [2.05, 4.69) is 25.9 Å². The van der Waals surface area contributed by atoms with Crippen LogP contribution in [0.3, 0.4) is 0 Å². The molecule has 0 radical (unpaired) electrons. The van der Waals surface area contributed by atoms with Gasteiger partial charge in [0.1, 0.15) is 11.8 Å². The van der Waals surface area contributed by atoms with E-state index < -0.39 is 6.04 Å². The summed E-state index contributed by atoms with van der Waals surface area (Å²) in [5, 5.41) is 3.18. The number of ketones is 1. The van der Waals surface area contributed by atoms with E-state index in [1.54, 1.807) is 0 Å². The first-order chi connectivity index (χ1) is 7.70. The van der Waals surface area contributed by atoms with E-state index in [1.165, 1.54) is 6.92 Å². The third kappa shape index (κ3) is 4.97. The Morgan fingerprint density at radius 1 is 1.18 bits per heavy atom. The molecule has 0 saturated heterocycles. The van der Waals surface area contributed by atoms with Gasteiger partial charge in [-0.3, -0.25) is 4.79 Å². The van der Waals surface area contributed by atoms with Crippen LogP contribution in [0.4, 0.5) is 0 Å². The van der Waals surface area contributed by atoms with Crippen molar-refractivity contribution >= 4 is 5.78 Å². The molecule has 1 atom stereocenters. The number of hydrogen-bond acceptors (Lipinski definition) is 3.